The van der Waals surface area contributed by atoms with Crippen LogP contribution in [-0.4, -0.2) is 47.5 Å². The van der Waals surface area contributed by atoms with Gasteiger partial charge in [0.2, 0.25) is 0 Å². The Bertz CT molecular complexity index is 665. The van der Waals surface area contributed by atoms with Crippen LogP contribution in [0.25, 0.3) is 0 Å². The number of pyridine rings is 1. The molecule has 0 amide bonds. The van der Waals surface area contributed by atoms with Crippen molar-refractivity contribution in [3.8, 4) is 0 Å². The quantitative estimate of drug-likeness (QED) is 0.646. The lowest BCUT2D eigenvalue weighted by Crippen LogP contribution is -2.47. The third-order valence-electron chi connectivity index (χ3n) is 5.07. The molecule has 0 saturated carbocycles. The van der Waals surface area contributed by atoms with E-state index in [0.29, 0.717) is 24.0 Å². The molecule has 0 radical (unpaired) electrons. The second-order valence-corrected chi connectivity index (χ2v) is 9.76. The second-order valence-electron chi connectivity index (χ2n) is 7.15. The number of sulfone groups is 1. The number of unbranched alkanes of at least 4 members (excludes halogenated alkanes) is 1. The Labute approximate surface area is 163 Å². The molecule has 7 heteroatoms. The zero-order valence-corrected chi connectivity index (χ0v) is 17.5. The zero-order valence-electron chi connectivity index (χ0n) is 15.9. The van der Waals surface area contributed by atoms with E-state index in [1.54, 1.807) is 6.20 Å². The van der Waals surface area contributed by atoms with Gasteiger partial charge in [-0.15, -0.1) is 0 Å². The lowest BCUT2D eigenvalue weighted by Gasteiger charge is -2.32. The molecular weight excluding hydrogens is 366 g/mol. The molecule has 0 bridgehead atoms. The topological polar surface area (TPSA) is 62.3 Å². The second kappa shape index (κ2) is 10.2. The highest BCUT2D eigenvalue weighted by atomic mass is 32.2. The number of thiocarbonyl (C=S) groups is 1. The van der Waals surface area contributed by atoms with Crippen LogP contribution < -0.4 is 5.32 Å². The maximum Gasteiger partial charge on any atom is 0.169 e. The first-order valence-electron chi connectivity index (χ1n) is 9.59. The molecule has 146 valence electrons. The zero-order chi connectivity index (χ0) is 19.0. The largest absolute Gasteiger partial charge is 0.362 e. The van der Waals surface area contributed by atoms with Crippen LogP contribution in [0.4, 0.5) is 0 Å². The van der Waals surface area contributed by atoms with Crippen molar-refractivity contribution in [1.82, 2.24) is 15.2 Å². The number of aromatic nitrogens is 1. The van der Waals surface area contributed by atoms with Gasteiger partial charge in [-0.1, -0.05) is 39.2 Å². The van der Waals surface area contributed by atoms with Gasteiger partial charge >= 0.3 is 0 Å². The Balaban J connectivity index is 2.03. The Morgan fingerprint density at radius 2 is 2.27 bits per heavy atom. The number of nitrogens with zero attached hydrogens (tertiary/aromatic N) is 2. The average molecular weight is 398 g/mol. The van der Waals surface area contributed by atoms with Gasteiger partial charge in [-0.3, -0.25) is 4.98 Å². The van der Waals surface area contributed by atoms with Crippen molar-refractivity contribution in [3.63, 3.8) is 0 Å². The maximum atomic E-state index is 11.9. The molecule has 1 fully saturated rings. The lowest BCUT2D eigenvalue weighted by molar-refractivity contribution is 0.318. The van der Waals surface area contributed by atoms with Crippen LogP contribution in [0.15, 0.2) is 24.5 Å². The first-order valence-corrected chi connectivity index (χ1v) is 11.8. The fourth-order valence-corrected chi connectivity index (χ4v) is 5.38. The third-order valence-corrected chi connectivity index (χ3v) is 7.20. The Hall–Kier alpha value is -1.21. The SMILES string of the molecule is CCCC[C@H](CC)CNC(=S)N(Cc1cccnc1)[C@H]1CCS(=O)(=O)C1. The number of nitrogens with one attached hydrogen (secondary N) is 1. The van der Waals surface area contributed by atoms with Crippen molar-refractivity contribution < 1.29 is 8.42 Å². The summed E-state index contributed by atoms with van der Waals surface area (Å²) in [6.07, 6.45) is 8.94. The highest BCUT2D eigenvalue weighted by Gasteiger charge is 2.33. The van der Waals surface area contributed by atoms with Crippen LogP contribution in [0.1, 0.15) is 51.5 Å². The molecule has 0 aliphatic carbocycles. The van der Waals surface area contributed by atoms with Gasteiger partial charge < -0.3 is 10.2 Å². The third kappa shape index (κ3) is 6.50. The molecule has 0 spiro atoms. The van der Waals surface area contributed by atoms with Gasteiger partial charge in [0, 0.05) is 31.5 Å². The van der Waals surface area contributed by atoms with Gasteiger partial charge in [-0.25, -0.2) is 8.42 Å². The number of rotatable bonds is 9. The van der Waals surface area contributed by atoms with E-state index in [-0.39, 0.29) is 17.5 Å². The van der Waals surface area contributed by atoms with E-state index in [1.807, 2.05) is 23.2 Å². The van der Waals surface area contributed by atoms with Crippen molar-refractivity contribution in [1.29, 1.82) is 0 Å². The average Bonchev–Trinajstić information content (AvgIpc) is 3.00. The highest BCUT2D eigenvalue weighted by Crippen LogP contribution is 2.20. The van der Waals surface area contributed by atoms with Gasteiger partial charge in [0.15, 0.2) is 14.9 Å². The molecule has 1 aromatic heterocycles. The molecule has 1 aliphatic heterocycles. The smallest absolute Gasteiger partial charge is 0.169 e. The fraction of sp³-hybridized carbons (Fsp3) is 0.684. The van der Waals surface area contributed by atoms with Crippen LogP contribution in [0.2, 0.25) is 0 Å². The van der Waals surface area contributed by atoms with E-state index in [9.17, 15) is 8.42 Å². The van der Waals surface area contributed by atoms with Crippen LogP contribution in [0.3, 0.4) is 0 Å². The monoisotopic (exact) mass is 397 g/mol. The summed E-state index contributed by atoms with van der Waals surface area (Å²) in [7, 11) is -2.96. The summed E-state index contributed by atoms with van der Waals surface area (Å²) in [5.74, 6) is 1.03. The lowest BCUT2D eigenvalue weighted by atomic mass is 9.99. The molecule has 2 heterocycles. The highest BCUT2D eigenvalue weighted by molar-refractivity contribution is 7.91. The Morgan fingerprint density at radius 1 is 1.46 bits per heavy atom. The van der Waals surface area contributed by atoms with E-state index in [1.165, 1.54) is 19.3 Å². The summed E-state index contributed by atoms with van der Waals surface area (Å²) in [5, 5.41) is 4.07. The van der Waals surface area contributed by atoms with Crippen LogP contribution >= 0.6 is 12.2 Å². The number of hydrogen-bond donors (Lipinski definition) is 1. The predicted octanol–water partition coefficient (Wildman–Crippen LogP) is 3.16. The molecule has 2 rings (SSSR count). The van der Waals surface area contributed by atoms with Gasteiger partial charge in [0.1, 0.15) is 0 Å². The van der Waals surface area contributed by atoms with Crippen molar-refractivity contribution in [2.24, 2.45) is 5.92 Å². The Kier molecular flexibility index (Phi) is 8.28. The van der Waals surface area contributed by atoms with Crippen LogP contribution in [-0.2, 0) is 16.4 Å². The molecule has 5 nitrogen and oxygen atoms in total. The summed E-state index contributed by atoms with van der Waals surface area (Å²) in [6.45, 7) is 5.85. The molecule has 1 N–H and O–H groups in total. The van der Waals surface area contributed by atoms with Crippen molar-refractivity contribution in [2.45, 2.75) is 58.5 Å². The van der Waals surface area contributed by atoms with E-state index in [4.69, 9.17) is 12.2 Å². The minimum atomic E-state index is -2.96. The van der Waals surface area contributed by atoms with Gasteiger partial charge in [-0.2, -0.15) is 0 Å². The molecule has 2 atom stereocenters. The van der Waals surface area contributed by atoms with E-state index < -0.39 is 9.84 Å². The minimum absolute atomic E-state index is 0.0593. The molecule has 1 saturated heterocycles. The van der Waals surface area contributed by atoms with E-state index in [2.05, 4.69) is 24.1 Å². The van der Waals surface area contributed by atoms with Crippen LogP contribution in [0.5, 0.6) is 0 Å². The first-order chi connectivity index (χ1) is 12.4. The normalized spacial score (nSPS) is 19.8. The van der Waals surface area contributed by atoms with Crippen LogP contribution in [0, 0.1) is 5.92 Å². The fourth-order valence-electron chi connectivity index (χ4n) is 3.35. The molecule has 26 heavy (non-hydrogen) atoms. The van der Waals surface area contributed by atoms with Gasteiger partial charge in [0.05, 0.1) is 11.5 Å². The molecule has 0 aromatic carbocycles. The maximum absolute atomic E-state index is 11.9. The number of hydrogen-bond acceptors (Lipinski definition) is 4. The summed E-state index contributed by atoms with van der Waals surface area (Å²) in [4.78, 5) is 6.21. The summed E-state index contributed by atoms with van der Waals surface area (Å²) < 4.78 is 23.9. The molecular formula is C19H31N3O2S2. The summed E-state index contributed by atoms with van der Waals surface area (Å²) in [5.41, 5.74) is 1.04. The Morgan fingerprint density at radius 3 is 2.85 bits per heavy atom. The van der Waals surface area contributed by atoms with Crippen molar-refractivity contribution >= 4 is 27.2 Å². The summed E-state index contributed by atoms with van der Waals surface area (Å²) in [6, 6.07) is 3.84. The van der Waals surface area contributed by atoms with Gasteiger partial charge in [-0.05, 0) is 42.6 Å². The van der Waals surface area contributed by atoms with E-state index >= 15 is 0 Å². The first kappa shape index (κ1) is 21.1. The summed E-state index contributed by atoms with van der Waals surface area (Å²) >= 11 is 5.66. The standard InChI is InChI=1S/C19H31N3O2S2/c1-3-5-7-16(4-2)13-21-19(25)22(14-17-8-6-10-20-12-17)18-9-11-26(23,24)15-18/h6,8,10,12,16,18H,3-5,7,9,11,13-15H2,1-2H3,(H,21,25)/t16-,18-/m0/s1. The van der Waals surface area contributed by atoms with E-state index in [0.717, 1.165) is 18.5 Å². The molecule has 1 aromatic rings. The molecule has 1 aliphatic rings. The van der Waals surface area contributed by atoms with Crippen molar-refractivity contribution in [3.05, 3.63) is 30.1 Å². The predicted molar refractivity (Wildman–Crippen MR) is 111 cm³/mol. The molecule has 0 unspecified atom stereocenters. The van der Waals surface area contributed by atoms with Gasteiger partial charge in [0.25, 0.3) is 0 Å². The van der Waals surface area contributed by atoms with Crippen molar-refractivity contribution in [2.75, 3.05) is 18.1 Å². The minimum Gasteiger partial charge on any atom is -0.362 e.